The first kappa shape index (κ1) is 17.8. The van der Waals surface area contributed by atoms with Gasteiger partial charge in [-0.25, -0.2) is 0 Å². The van der Waals surface area contributed by atoms with Gasteiger partial charge in [-0.2, -0.15) is 0 Å². The summed E-state index contributed by atoms with van der Waals surface area (Å²) in [6.07, 6.45) is 7.92. The summed E-state index contributed by atoms with van der Waals surface area (Å²) in [7, 11) is 0. The Hall–Kier alpha value is -1.21. The van der Waals surface area contributed by atoms with Gasteiger partial charge in [0.2, 0.25) is 0 Å². The van der Waals surface area contributed by atoms with E-state index in [2.05, 4.69) is 49.1 Å². The van der Waals surface area contributed by atoms with E-state index in [9.17, 15) is 0 Å². The number of nitrogens with one attached hydrogen (secondary N) is 2. The molecule has 1 aliphatic heterocycles. The minimum atomic E-state index is 0.513. The largest absolute Gasteiger partial charge is 0.357 e. The number of terminal acetylenes is 1. The third-order valence-corrected chi connectivity index (χ3v) is 4.20. The minimum Gasteiger partial charge on any atom is -0.357 e. The van der Waals surface area contributed by atoms with Crippen molar-refractivity contribution in [3.05, 3.63) is 0 Å². The molecule has 4 nitrogen and oxygen atoms in total. The second kappa shape index (κ2) is 9.68. The van der Waals surface area contributed by atoms with Gasteiger partial charge in [0, 0.05) is 12.6 Å². The molecule has 2 N–H and O–H groups in total. The maximum Gasteiger partial charge on any atom is 0.192 e. The molecule has 0 aromatic carbocycles. The van der Waals surface area contributed by atoms with Gasteiger partial charge in [-0.15, -0.1) is 6.42 Å². The second-order valence-corrected chi connectivity index (χ2v) is 6.31. The maximum absolute atomic E-state index is 5.30. The molecule has 1 unspecified atom stereocenters. The molecule has 1 atom stereocenters. The summed E-state index contributed by atoms with van der Waals surface area (Å²) in [5.74, 6) is 4.89. The molecule has 4 heteroatoms. The van der Waals surface area contributed by atoms with Gasteiger partial charge in [0.25, 0.3) is 0 Å². The lowest BCUT2D eigenvalue weighted by molar-refractivity contribution is 0.113. The van der Waals surface area contributed by atoms with E-state index in [4.69, 9.17) is 11.4 Å². The summed E-state index contributed by atoms with van der Waals surface area (Å²) in [5.41, 5.74) is 0. The first-order valence-corrected chi connectivity index (χ1v) is 8.28. The fourth-order valence-electron chi connectivity index (χ4n) is 2.77. The van der Waals surface area contributed by atoms with Crippen LogP contribution in [0, 0.1) is 24.2 Å². The molecule has 0 saturated carbocycles. The number of rotatable bonds is 6. The number of guanidine groups is 1. The Morgan fingerprint density at radius 1 is 1.33 bits per heavy atom. The van der Waals surface area contributed by atoms with Crippen LogP contribution < -0.4 is 10.6 Å². The molecule has 1 fully saturated rings. The SMILES string of the molecule is C#CCNC(=NCC(C(C)C)N1CCC(C)CC1)NCC. The Morgan fingerprint density at radius 3 is 2.52 bits per heavy atom. The lowest BCUT2D eigenvalue weighted by Gasteiger charge is -2.38. The quantitative estimate of drug-likeness (QED) is 0.446. The molecular weight excluding hydrogens is 260 g/mol. The number of likely N-dealkylation sites (tertiary alicyclic amines) is 1. The van der Waals surface area contributed by atoms with Crippen LogP contribution in [-0.4, -0.2) is 49.6 Å². The van der Waals surface area contributed by atoms with Crippen molar-refractivity contribution in [2.75, 3.05) is 32.7 Å². The van der Waals surface area contributed by atoms with E-state index < -0.39 is 0 Å². The molecule has 0 aromatic heterocycles. The fourth-order valence-corrected chi connectivity index (χ4v) is 2.77. The predicted molar refractivity (Wildman–Crippen MR) is 91.4 cm³/mol. The molecule has 0 bridgehead atoms. The van der Waals surface area contributed by atoms with E-state index in [-0.39, 0.29) is 0 Å². The van der Waals surface area contributed by atoms with Crippen molar-refractivity contribution in [3.63, 3.8) is 0 Å². The smallest absolute Gasteiger partial charge is 0.192 e. The van der Waals surface area contributed by atoms with Crippen LogP contribution in [0.1, 0.15) is 40.5 Å². The summed E-state index contributed by atoms with van der Waals surface area (Å²) >= 11 is 0. The van der Waals surface area contributed by atoms with Crippen molar-refractivity contribution in [1.82, 2.24) is 15.5 Å². The highest BCUT2D eigenvalue weighted by Gasteiger charge is 2.25. The summed E-state index contributed by atoms with van der Waals surface area (Å²) in [6, 6.07) is 0.513. The van der Waals surface area contributed by atoms with Gasteiger partial charge in [-0.3, -0.25) is 9.89 Å². The van der Waals surface area contributed by atoms with Crippen molar-refractivity contribution in [3.8, 4) is 12.3 Å². The predicted octanol–water partition coefficient (Wildman–Crippen LogP) is 1.93. The van der Waals surface area contributed by atoms with Gasteiger partial charge < -0.3 is 10.6 Å². The van der Waals surface area contributed by atoms with Crippen LogP contribution in [0.25, 0.3) is 0 Å². The Kier molecular flexibility index (Phi) is 8.22. The van der Waals surface area contributed by atoms with Crippen molar-refractivity contribution in [1.29, 1.82) is 0 Å². The van der Waals surface area contributed by atoms with Crippen LogP contribution in [0.3, 0.4) is 0 Å². The van der Waals surface area contributed by atoms with Crippen LogP contribution in [0.2, 0.25) is 0 Å². The maximum atomic E-state index is 5.30. The van der Waals surface area contributed by atoms with Crippen LogP contribution in [0.5, 0.6) is 0 Å². The normalized spacial score (nSPS) is 19.3. The Bertz CT molecular complexity index is 348. The van der Waals surface area contributed by atoms with Gasteiger partial charge in [0.1, 0.15) is 0 Å². The molecule has 21 heavy (non-hydrogen) atoms. The van der Waals surface area contributed by atoms with Crippen molar-refractivity contribution >= 4 is 5.96 Å². The van der Waals surface area contributed by atoms with Crippen LogP contribution in [0.15, 0.2) is 4.99 Å². The topological polar surface area (TPSA) is 39.7 Å². The highest BCUT2D eigenvalue weighted by Crippen LogP contribution is 2.21. The van der Waals surface area contributed by atoms with Crippen LogP contribution in [-0.2, 0) is 0 Å². The summed E-state index contributed by atoms with van der Waals surface area (Å²) < 4.78 is 0. The van der Waals surface area contributed by atoms with Gasteiger partial charge in [-0.05, 0) is 44.7 Å². The molecule has 0 spiro atoms. The van der Waals surface area contributed by atoms with E-state index in [1.54, 1.807) is 0 Å². The van der Waals surface area contributed by atoms with E-state index in [0.29, 0.717) is 18.5 Å². The second-order valence-electron chi connectivity index (χ2n) is 6.31. The number of hydrogen-bond acceptors (Lipinski definition) is 2. The number of aliphatic imine (C=N–C) groups is 1. The molecule has 1 saturated heterocycles. The molecule has 0 radical (unpaired) electrons. The van der Waals surface area contributed by atoms with Gasteiger partial charge in [0.05, 0.1) is 13.1 Å². The lowest BCUT2D eigenvalue weighted by Crippen LogP contribution is -2.46. The molecule has 0 amide bonds. The lowest BCUT2D eigenvalue weighted by atomic mass is 9.94. The molecule has 1 rings (SSSR count). The van der Waals surface area contributed by atoms with Crippen molar-refractivity contribution in [2.45, 2.75) is 46.6 Å². The molecule has 1 heterocycles. The van der Waals surface area contributed by atoms with E-state index in [1.165, 1.54) is 25.9 Å². The Balaban J connectivity index is 2.61. The van der Waals surface area contributed by atoms with Crippen LogP contribution in [0.4, 0.5) is 0 Å². The molecule has 0 aromatic rings. The summed E-state index contributed by atoms with van der Waals surface area (Å²) in [5, 5.41) is 6.41. The van der Waals surface area contributed by atoms with E-state index in [1.807, 2.05) is 0 Å². The number of piperidine rings is 1. The van der Waals surface area contributed by atoms with E-state index >= 15 is 0 Å². The average molecular weight is 292 g/mol. The average Bonchev–Trinajstić information content (AvgIpc) is 2.46. The standard InChI is InChI=1S/C17H32N4/c1-6-10-19-17(18-7-2)20-13-16(14(3)4)21-11-8-15(5)9-12-21/h1,14-16H,7-13H2,2-5H3,(H2,18,19,20). The number of nitrogens with zero attached hydrogens (tertiary/aromatic N) is 2. The highest BCUT2D eigenvalue weighted by atomic mass is 15.2. The number of hydrogen-bond donors (Lipinski definition) is 2. The fraction of sp³-hybridized carbons (Fsp3) is 0.824. The van der Waals surface area contributed by atoms with Crippen molar-refractivity contribution < 1.29 is 0 Å². The third kappa shape index (κ3) is 6.39. The van der Waals surface area contributed by atoms with Gasteiger partial charge in [-0.1, -0.05) is 26.7 Å². The molecule has 120 valence electrons. The zero-order chi connectivity index (χ0) is 15.7. The first-order valence-electron chi connectivity index (χ1n) is 8.28. The highest BCUT2D eigenvalue weighted by molar-refractivity contribution is 5.80. The summed E-state index contributed by atoms with van der Waals surface area (Å²) in [4.78, 5) is 7.33. The summed E-state index contributed by atoms with van der Waals surface area (Å²) in [6.45, 7) is 13.6. The third-order valence-electron chi connectivity index (χ3n) is 4.20. The molecular formula is C17H32N4. The van der Waals surface area contributed by atoms with E-state index in [0.717, 1.165) is 25.0 Å². The zero-order valence-electron chi connectivity index (χ0n) is 14.2. The van der Waals surface area contributed by atoms with Gasteiger partial charge in [0.15, 0.2) is 5.96 Å². The Morgan fingerprint density at radius 2 is 2.00 bits per heavy atom. The Labute approximate surface area is 130 Å². The molecule has 1 aliphatic rings. The zero-order valence-corrected chi connectivity index (χ0v) is 14.2. The van der Waals surface area contributed by atoms with Crippen molar-refractivity contribution in [2.24, 2.45) is 16.8 Å². The monoisotopic (exact) mass is 292 g/mol. The minimum absolute atomic E-state index is 0.513. The molecule has 0 aliphatic carbocycles. The first-order chi connectivity index (χ1) is 10.1. The van der Waals surface area contributed by atoms with Crippen LogP contribution >= 0.6 is 0 Å². The van der Waals surface area contributed by atoms with Gasteiger partial charge >= 0.3 is 0 Å².